The van der Waals surface area contributed by atoms with Gasteiger partial charge in [0.15, 0.2) is 0 Å². The molecule has 0 heterocycles. The molecule has 0 fully saturated rings. The van der Waals surface area contributed by atoms with Gasteiger partial charge in [0.1, 0.15) is 0 Å². The van der Waals surface area contributed by atoms with Crippen LogP contribution in [0.4, 0.5) is 0 Å². The Labute approximate surface area is 71.2 Å². The van der Waals surface area contributed by atoms with Gasteiger partial charge >= 0.3 is 0 Å². The average molecular weight is 155 g/mol. The van der Waals surface area contributed by atoms with Crippen molar-refractivity contribution in [2.24, 2.45) is 5.73 Å². The molecule has 0 radical (unpaired) electrons. The summed E-state index contributed by atoms with van der Waals surface area (Å²) >= 11 is 0. The zero-order chi connectivity index (χ0) is 6.95. The van der Waals surface area contributed by atoms with Crippen LogP contribution in [-0.4, -0.2) is 6.54 Å². The lowest BCUT2D eigenvalue weighted by atomic mass is 10.4. The first kappa shape index (κ1) is 16.6. The lowest BCUT2D eigenvalue weighted by Gasteiger charge is -1.69. The molecule has 11 heavy (non-hydrogen) atoms. The summed E-state index contributed by atoms with van der Waals surface area (Å²) in [4.78, 5) is 0. The standard InChI is InChI=1S/C6H6.C2H7N.2CH4/c1-2-4-6-5-3-1;1-2-3;;/h1-6H;2-3H2,1H3;2*1H4. The third kappa shape index (κ3) is 17.6. The van der Waals surface area contributed by atoms with Crippen molar-refractivity contribution in [2.45, 2.75) is 21.8 Å². The molecule has 0 aliphatic carbocycles. The van der Waals surface area contributed by atoms with Crippen LogP contribution in [0.3, 0.4) is 0 Å². The molecule has 1 aromatic carbocycles. The van der Waals surface area contributed by atoms with Gasteiger partial charge in [0.2, 0.25) is 0 Å². The molecule has 0 saturated heterocycles. The van der Waals surface area contributed by atoms with E-state index in [0.717, 1.165) is 6.54 Å². The normalized spacial score (nSPS) is 6.00. The highest BCUT2D eigenvalue weighted by Gasteiger charge is 1.57. The number of nitrogens with two attached hydrogens (primary N) is 1. The van der Waals surface area contributed by atoms with E-state index in [1.165, 1.54) is 0 Å². The van der Waals surface area contributed by atoms with Crippen LogP contribution >= 0.6 is 0 Å². The largest absolute Gasteiger partial charge is 0.331 e. The Morgan fingerprint density at radius 1 is 0.818 bits per heavy atom. The fraction of sp³-hybridized carbons (Fsp3) is 0.400. The first-order valence-electron chi connectivity index (χ1n) is 3.12. The maximum atomic E-state index is 4.85. The molecule has 0 aliphatic heterocycles. The van der Waals surface area contributed by atoms with Crippen LogP contribution in [0.15, 0.2) is 36.4 Å². The molecule has 0 atom stereocenters. The Morgan fingerprint density at radius 3 is 1.00 bits per heavy atom. The summed E-state index contributed by atoms with van der Waals surface area (Å²) in [5.41, 5.74) is 4.85. The Kier molecular flexibility index (Phi) is 24.3. The zero-order valence-corrected chi connectivity index (χ0v) is 5.75. The van der Waals surface area contributed by atoms with Gasteiger partial charge in [-0.3, -0.25) is 0 Å². The van der Waals surface area contributed by atoms with Gasteiger partial charge < -0.3 is 5.73 Å². The minimum Gasteiger partial charge on any atom is -0.331 e. The Hall–Kier alpha value is -0.820. The predicted molar refractivity (Wildman–Crippen MR) is 54.6 cm³/mol. The van der Waals surface area contributed by atoms with Crippen LogP contribution in [0.25, 0.3) is 0 Å². The summed E-state index contributed by atoms with van der Waals surface area (Å²) in [7, 11) is 0. The molecule has 1 nitrogen and oxygen atoms in total. The molecule has 0 aromatic heterocycles. The van der Waals surface area contributed by atoms with Gasteiger partial charge in [-0.05, 0) is 6.54 Å². The SMILES string of the molecule is C.C.CCN.c1ccccc1. The first-order valence-corrected chi connectivity index (χ1v) is 3.12. The Balaban J connectivity index is -0.000000116. The van der Waals surface area contributed by atoms with Gasteiger partial charge in [0, 0.05) is 0 Å². The molecular formula is C10H21N. The molecule has 2 N–H and O–H groups in total. The van der Waals surface area contributed by atoms with Crippen molar-refractivity contribution in [3.63, 3.8) is 0 Å². The monoisotopic (exact) mass is 155 g/mol. The maximum absolute atomic E-state index is 4.85. The van der Waals surface area contributed by atoms with Crippen molar-refractivity contribution in [1.82, 2.24) is 0 Å². The zero-order valence-electron chi connectivity index (χ0n) is 5.75. The molecule has 66 valence electrons. The molecular weight excluding hydrogens is 134 g/mol. The maximum Gasteiger partial charge on any atom is -0.0106 e. The van der Waals surface area contributed by atoms with E-state index >= 15 is 0 Å². The topological polar surface area (TPSA) is 26.0 Å². The highest BCUT2D eigenvalue weighted by molar-refractivity contribution is 4.99. The van der Waals surface area contributed by atoms with Gasteiger partial charge in [-0.1, -0.05) is 58.2 Å². The third-order valence-electron chi connectivity index (χ3n) is 0.667. The third-order valence-corrected chi connectivity index (χ3v) is 0.667. The molecule has 0 spiro atoms. The predicted octanol–water partition coefficient (Wildman–Crippen LogP) is 2.92. The fourth-order valence-corrected chi connectivity index (χ4v) is 0.385. The van der Waals surface area contributed by atoms with Crippen LogP contribution in [0.5, 0.6) is 0 Å². The molecule has 1 heteroatoms. The molecule has 1 rings (SSSR count). The van der Waals surface area contributed by atoms with E-state index in [1.807, 2.05) is 43.3 Å². The quantitative estimate of drug-likeness (QED) is 0.612. The number of benzene rings is 1. The average Bonchev–Trinajstić information content (AvgIpc) is 1.93. The van der Waals surface area contributed by atoms with Crippen molar-refractivity contribution < 1.29 is 0 Å². The van der Waals surface area contributed by atoms with Gasteiger partial charge in [0.25, 0.3) is 0 Å². The van der Waals surface area contributed by atoms with E-state index in [4.69, 9.17) is 5.73 Å². The van der Waals surface area contributed by atoms with Gasteiger partial charge in [-0.25, -0.2) is 0 Å². The smallest absolute Gasteiger partial charge is 0.0106 e. The number of rotatable bonds is 0. The summed E-state index contributed by atoms with van der Waals surface area (Å²) in [5.74, 6) is 0. The van der Waals surface area contributed by atoms with Crippen LogP contribution < -0.4 is 5.73 Å². The lowest BCUT2D eigenvalue weighted by Crippen LogP contribution is -1.87. The summed E-state index contributed by atoms with van der Waals surface area (Å²) in [5, 5.41) is 0. The fourth-order valence-electron chi connectivity index (χ4n) is 0.385. The Bertz CT molecular complexity index is 87.7. The van der Waals surface area contributed by atoms with E-state index in [1.54, 1.807) is 0 Å². The molecule has 0 bridgehead atoms. The summed E-state index contributed by atoms with van der Waals surface area (Å²) < 4.78 is 0. The number of hydrogen-bond donors (Lipinski definition) is 1. The van der Waals surface area contributed by atoms with E-state index in [-0.39, 0.29) is 14.9 Å². The van der Waals surface area contributed by atoms with Crippen molar-refractivity contribution in [2.75, 3.05) is 6.54 Å². The number of hydrogen-bond acceptors (Lipinski definition) is 1. The van der Waals surface area contributed by atoms with Crippen molar-refractivity contribution in [1.29, 1.82) is 0 Å². The van der Waals surface area contributed by atoms with Crippen molar-refractivity contribution >= 4 is 0 Å². The highest BCUT2D eigenvalue weighted by atomic mass is 14.5. The Morgan fingerprint density at radius 2 is 0.909 bits per heavy atom. The molecule has 1 aromatic rings. The van der Waals surface area contributed by atoms with Gasteiger partial charge in [-0.2, -0.15) is 0 Å². The highest BCUT2D eigenvalue weighted by Crippen LogP contribution is 1.79. The molecule has 0 amide bonds. The minimum atomic E-state index is 0. The molecule has 0 aliphatic rings. The van der Waals surface area contributed by atoms with Crippen molar-refractivity contribution in [3.8, 4) is 0 Å². The van der Waals surface area contributed by atoms with Gasteiger partial charge in [0.05, 0.1) is 0 Å². The molecule has 0 saturated carbocycles. The van der Waals surface area contributed by atoms with Crippen LogP contribution in [-0.2, 0) is 0 Å². The minimum absolute atomic E-state index is 0. The summed E-state index contributed by atoms with van der Waals surface area (Å²) in [6, 6.07) is 12.0. The second-order valence-electron chi connectivity index (χ2n) is 1.56. The molecule has 0 unspecified atom stereocenters. The second-order valence-corrected chi connectivity index (χ2v) is 1.56. The van der Waals surface area contributed by atoms with Gasteiger partial charge in [-0.15, -0.1) is 0 Å². The van der Waals surface area contributed by atoms with Crippen LogP contribution in [0.2, 0.25) is 0 Å². The summed E-state index contributed by atoms with van der Waals surface area (Å²) in [6.07, 6.45) is 0. The van der Waals surface area contributed by atoms with Crippen molar-refractivity contribution in [3.05, 3.63) is 36.4 Å². The first-order chi connectivity index (χ1) is 4.41. The lowest BCUT2D eigenvalue weighted by molar-refractivity contribution is 1.14. The second kappa shape index (κ2) is 16.1. The van der Waals surface area contributed by atoms with E-state index in [9.17, 15) is 0 Å². The van der Waals surface area contributed by atoms with E-state index < -0.39 is 0 Å². The van der Waals surface area contributed by atoms with Crippen LogP contribution in [0.1, 0.15) is 21.8 Å². The van der Waals surface area contributed by atoms with E-state index in [0.29, 0.717) is 0 Å². The van der Waals surface area contributed by atoms with Crippen LogP contribution in [0, 0.1) is 0 Å². The summed E-state index contributed by atoms with van der Waals surface area (Å²) in [6.45, 7) is 2.65. The van der Waals surface area contributed by atoms with E-state index in [2.05, 4.69) is 0 Å².